The van der Waals surface area contributed by atoms with Crippen molar-refractivity contribution in [3.05, 3.63) is 89.4 Å². The molecule has 0 spiro atoms. The largest absolute Gasteiger partial charge is 0.294 e. The van der Waals surface area contributed by atoms with Crippen LogP contribution in [0.4, 0.5) is 11.4 Å². The lowest BCUT2D eigenvalue weighted by Gasteiger charge is -2.19. The monoisotopic (exact) mass is 469 g/mol. The third kappa shape index (κ3) is 5.01. The third-order valence-electron chi connectivity index (χ3n) is 4.74. The minimum absolute atomic E-state index is 0.0462. The molecule has 1 aromatic heterocycles. The molecule has 164 valence electrons. The minimum Gasteiger partial charge on any atom is -0.294 e. The molecule has 32 heavy (non-hydrogen) atoms. The zero-order valence-corrected chi connectivity index (χ0v) is 18.9. The van der Waals surface area contributed by atoms with Crippen LogP contribution in [0.5, 0.6) is 0 Å². The van der Waals surface area contributed by atoms with E-state index in [1.54, 1.807) is 24.3 Å². The molecule has 0 atom stereocenters. The first-order valence-corrected chi connectivity index (χ1v) is 12.6. The molecular weight excluding hydrogens is 450 g/mol. The minimum atomic E-state index is -4.09. The Kier molecular flexibility index (Phi) is 6.43. The summed E-state index contributed by atoms with van der Waals surface area (Å²) in [5.74, 6) is -0.292. The van der Waals surface area contributed by atoms with E-state index in [4.69, 9.17) is 6.57 Å². The second-order valence-electron chi connectivity index (χ2n) is 7.00. The Balaban J connectivity index is 1.85. The molecule has 0 amide bonds. The fourth-order valence-corrected chi connectivity index (χ4v) is 4.66. The SMILES string of the molecule is [C-]#[N+]c1ccc(CC(=O)c2ccnc(S(=O)(=O)N(C)c3ccc(S(C)(=O)=O)cc3)c2)cc1. The molecule has 2 aromatic carbocycles. The second kappa shape index (κ2) is 8.90. The predicted molar refractivity (Wildman–Crippen MR) is 120 cm³/mol. The number of nitrogens with zero attached hydrogens (tertiary/aromatic N) is 3. The van der Waals surface area contributed by atoms with Gasteiger partial charge in [-0.05, 0) is 42.0 Å². The number of rotatable bonds is 7. The number of Topliss-reactive ketones (excluding diaryl/α,β-unsaturated/α-hetero) is 1. The molecule has 3 aromatic rings. The molecule has 0 unspecified atom stereocenters. The number of pyridine rings is 1. The van der Waals surface area contributed by atoms with Crippen molar-refractivity contribution in [3.63, 3.8) is 0 Å². The summed E-state index contributed by atoms with van der Waals surface area (Å²) >= 11 is 0. The zero-order chi connectivity index (χ0) is 23.5. The Hall–Kier alpha value is -3.55. The first-order valence-electron chi connectivity index (χ1n) is 9.27. The zero-order valence-electron chi connectivity index (χ0n) is 17.3. The molecule has 0 radical (unpaired) electrons. The van der Waals surface area contributed by atoms with E-state index >= 15 is 0 Å². The molecule has 0 saturated heterocycles. The number of sulfone groups is 1. The van der Waals surface area contributed by atoms with Crippen molar-refractivity contribution < 1.29 is 21.6 Å². The van der Waals surface area contributed by atoms with E-state index in [9.17, 15) is 21.6 Å². The van der Waals surface area contributed by atoms with Gasteiger partial charge >= 0.3 is 0 Å². The van der Waals surface area contributed by atoms with Crippen molar-refractivity contribution >= 4 is 37.0 Å². The number of ketones is 1. The van der Waals surface area contributed by atoms with Crippen molar-refractivity contribution in [2.75, 3.05) is 17.6 Å². The average molecular weight is 470 g/mol. The quantitative estimate of drug-likeness (QED) is 0.388. The highest BCUT2D eigenvalue weighted by molar-refractivity contribution is 7.92. The van der Waals surface area contributed by atoms with E-state index in [1.165, 1.54) is 49.6 Å². The number of hydrogen-bond acceptors (Lipinski definition) is 6. The second-order valence-corrected chi connectivity index (χ2v) is 10.9. The van der Waals surface area contributed by atoms with E-state index in [0.29, 0.717) is 11.3 Å². The molecule has 0 aliphatic carbocycles. The van der Waals surface area contributed by atoms with Crippen molar-refractivity contribution in [2.45, 2.75) is 16.3 Å². The van der Waals surface area contributed by atoms with Gasteiger partial charge in [0.25, 0.3) is 10.0 Å². The van der Waals surface area contributed by atoms with E-state index in [0.717, 1.165) is 10.6 Å². The highest BCUT2D eigenvalue weighted by Gasteiger charge is 2.24. The Bertz CT molecular complexity index is 1410. The van der Waals surface area contributed by atoms with Crippen LogP contribution in [0.3, 0.4) is 0 Å². The summed E-state index contributed by atoms with van der Waals surface area (Å²) in [6, 6.07) is 14.7. The van der Waals surface area contributed by atoms with Gasteiger partial charge in [0.2, 0.25) is 0 Å². The Labute approximate surface area is 187 Å². The van der Waals surface area contributed by atoms with Crippen LogP contribution in [-0.2, 0) is 26.3 Å². The van der Waals surface area contributed by atoms with Crippen LogP contribution < -0.4 is 4.31 Å². The van der Waals surface area contributed by atoms with E-state index in [-0.39, 0.29) is 33.4 Å². The summed E-state index contributed by atoms with van der Waals surface area (Å²) in [5.41, 5.74) is 1.60. The topological polar surface area (TPSA) is 106 Å². The number of hydrogen-bond donors (Lipinski definition) is 0. The molecule has 10 heteroatoms. The molecule has 0 aliphatic rings. The van der Waals surface area contributed by atoms with E-state index in [1.807, 2.05) is 0 Å². The van der Waals surface area contributed by atoms with Crippen LogP contribution in [0.2, 0.25) is 0 Å². The van der Waals surface area contributed by atoms with Crippen molar-refractivity contribution in [1.29, 1.82) is 0 Å². The fraction of sp³-hybridized carbons (Fsp3) is 0.136. The third-order valence-corrected chi connectivity index (χ3v) is 7.55. The molecule has 8 nitrogen and oxygen atoms in total. The molecular formula is C22H19N3O5S2. The molecule has 3 rings (SSSR count). The summed E-state index contributed by atoms with van der Waals surface area (Å²) in [6.45, 7) is 6.97. The number of sulfonamides is 1. The van der Waals surface area contributed by atoms with Gasteiger partial charge in [-0.1, -0.05) is 24.3 Å². The van der Waals surface area contributed by atoms with Gasteiger partial charge in [0.15, 0.2) is 26.3 Å². The van der Waals surface area contributed by atoms with Gasteiger partial charge in [-0.2, -0.15) is 8.42 Å². The number of aromatic nitrogens is 1. The number of benzene rings is 2. The fourth-order valence-electron chi connectivity index (χ4n) is 2.88. The van der Waals surface area contributed by atoms with Crippen LogP contribution >= 0.6 is 0 Å². The van der Waals surface area contributed by atoms with E-state index in [2.05, 4.69) is 9.83 Å². The number of anilines is 1. The Morgan fingerprint density at radius 2 is 1.62 bits per heavy atom. The normalized spacial score (nSPS) is 11.5. The van der Waals surface area contributed by atoms with Gasteiger partial charge in [-0.25, -0.2) is 18.2 Å². The van der Waals surface area contributed by atoms with Crippen LogP contribution in [0, 0.1) is 6.57 Å². The molecule has 1 heterocycles. The summed E-state index contributed by atoms with van der Waals surface area (Å²) in [5, 5.41) is -0.304. The van der Waals surface area contributed by atoms with Gasteiger partial charge in [0.05, 0.1) is 17.2 Å². The van der Waals surface area contributed by atoms with Gasteiger partial charge in [-0.3, -0.25) is 9.10 Å². The van der Waals surface area contributed by atoms with Crippen LogP contribution in [0.15, 0.2) is 76.8 Å². The lowest BCUT2D eigenvalue weighted by molar-refractivity contribution is 0.0992. The molecule has 0 N–H and O–H groups in total. The van der Waals surface area contributed by atoms with Gasteiger partial charge in [-0.15, -0.1) is 0 Å². The maximum Gasteiger partial charge on any atom is 0.281 e. The summed E-state index contributed by atoms with van der Waals surface area (Å²) in [6.07, 6.45) is 2.36. The summed E-state index contributed by atoms with van der Waals surface area (Å²) < 4.78 is 50.2. The maximum atomic E-state index is 13.0. The maximum absolute atomic E-state index is 13.0. The van der Waals surface area contributed by atoms with Gasteiger partial charge in [0, 0.05) is 31.5 Å². The van der Waals surface area contributed by atoms with Crippen molar-refractivity contribution in [2.24, 2.45) is 0 Å². The first-order chi connectivity index (χ1) is 15.0. The predicted octanol–water partition coefficient (Wildman–Crippen LogP) is 3.29. The summed E-state index contributed by atoms with van der Waals surface area (Å²) in [4.78, 5) is 20.0. The lowest BCUT2D eigenvalue weighted by atomic mass is 10.0. The summed E-state index contributed by atoms with van der Waals surface area (Å²) in [7, 11) is -6.18. The average Bonchev–Trinajstić information content (AvgIpc) is 2.78. The molecule has 0 bridgehead atoms. The standard InChI is InChI=1S/C22H19N3O5S2/c1-23-18-6-4-16(5-7-18)14-21(26)17-12-13-24-22(15-17)32(29,30)25(2)19-8-10-20(11-9-19)31(3,27)28/h4-13,15H,14H2,2-3H3. The van der Waals surface area contributed by atoms with Crippen molar-refractivity contribution in [1.82, 2.24) is 4.98 Å². The highest BCUT2D eigenvalue weighted by atomic mass is 32.2. The first kappa shape index (κ1) is 23.1. The Morgan fingerprint density at radius 1 is 1.00 bits per heavy atom. The van der Waals surface area contributed by atoms with Crippen molar-refractivity contribution in [3.8, 4) is 0 Å². The lowest BCUT2D eigenvalue weighted by Crippen LogP contribution is -2.27. The van der Waals surface area contributed by atoms with E-state index < -0.39 is 19.9 Å². The highest BCUT2D eigenvalue weighted by Crippen LogP contribution is 2.23. The van der Waals surface area contributed by atoms with Crippen LogP contribution in [0.25, 0.3) is 4.85 Å². The van der Waals surface area contributed by atoms with Gasteiger partial charge in [0.1, 0.15) is 0 Å². The molecule has 0 saturated carbocycles. The number of carbonyl (C=O) groups is 1. The smallest absolute Gasteiger partial charge is 0.281 e. The van der Waals surface area contributed by atoms with Crippen LogP contribution in [-0.4, -0.2) is 40.9 Å². The Morgan fingerprint density at radius 3 is 2.19 bits per heavy atom. The molecule has 0 aliphatic heterocycles. The van der Waals surface area contributed by atoms with Crippen LogP contribution in [0.1, 0.15) is 15.9 Å². The molecule has 0 fully saturated rings. The number of carbonyl (C=O) groups excluding carboxylic acids is 1. The van der Waals surface area contributed by atoms with Gasteiger partial charge < -0.3 is 0 Å².